The molecule has 0 bridgehead atoms. The van der Waals surface area contributed by atoms with Crippen molar-refractivity contribution in [1.29, 1.82) is 0 Å². The van der Waals surface area contributed by atoms with Crippen LogP contribution < -0.4 is 15.2 Å². The van der Waals surface area contributed by atoms with Gasteiger partial charge in [0.05, 0.1) is 7.11 Å². The normalized spacial score (nSPS) is 11.3. The standard InChI is InChI=1S/C11H14N4O3S2/c1-7-13-14-11(19-7)15-20(16,17)10-4-3-8(6-12)5-9(10)18-2/h3-5H,6,12H2,1-2H3,(H,14,15). The monoisotopic (exact) mass is 314 g/mol. The van der Waals surface area contributed by atoms with Crippen LogP contribution in [-0.4, -0.2) is 25.7 Å². The van der Waals surface area contributed by atoms with Crippen molar-refractivity contribution in [2.75, 3.05) is 11.8 Å². The van der Waals surface area contributed by atoms with Crippen LogP contribution in [0.4, 0.5) is 5.13 Å². The number of methoxy groups -OCH3 is 1. The number of nitrogens with one attached hydrogen (secondary N) is 1. The van der Waals surface area contributed by atoms with E-state index in [1.54, 1.807) is 19.1 Å². The van der Waals surface area contributed by atoms with E-state index in [1.165, 1.54) is 13.2 Å². The summed E-state index contributed by atoms with van der Waals surface area (Å²) in [4.78, 5) is 0.0325. The molecule has 0 unspecified atom stereocenters. The number of ether oxygens (including phenoxy) is 1. The highest BCUT2D eigenvalue weighted by atomic mass is 32.2. The minimum Gasteiger partial charge on any atom is -0.495 e. The van der Waals surface area contributed by atoms with Crippen LogP contribution in [0.15, 0.2) is 23.1 Å². The van der Waals surface area contributed by atoms with Crippen LogP contribution >= 0.6 is 11.3 Å². The largest absolute Gasteiger partial charge is 0.495 e. The van der Waals surface area contributed by atoms with Gasteiger partial charge >= 0.3 is 0 Å². The highest BCUT2D eigenvalue weighted by Gasteiger charge is 2.21. The second kappa shape index (κ2) is 5.73. The molecule has 0 saturated carbocycles. The topological polar surface area (TPSA) is 107 Å². The third kappa shape index (κ3) is 3.06. The number of nitrogens with two attached hydrogens (primary N) is 1. The summed E-state index contributed by atoms with van der Waals surface area (Å²) >= 11 is 1.16. The average molecular weight is 314 g/mol. The van der Waals surface area contributed by atoms with Crippen LogP contribution in [-0.2, 0) is 16.6 Å². The van der Waals surface area contributed by atoms with Crippen LogP contribution in [0.2, 0.25) is 0 Å². The first-order valence-corrected chi connectivity index (χ1v) is 7.96. The molecule has 9 heteroatoms. The lowest BCUT2D eigenvalue weighted by molar-refractivity contribution is 0.402. The molecule has 1 heterocycles. The maximum Gasteiger partial charge on any atom is 0.267 e. The molecule has 1 aromatic heterocycles. The van der Waals surface area contributed by atoms with E-state index in [1.807, 2.05) is 0 Å². The highest BCUT2D eigenvalue weighted by Crippen LogP contribution is 2.27. The van der Waals surface area contributed by atoms with E-state index < -0.39 is 10.0 Å². The van der Waals surface area contributed by atoms with E-state index >= 15 is 0 Å². The predicted molar refractivity (Wildman–Crippen MR) is 76.3 cm³/mol. The van der Waals surface area contributed by atoms with Crippen molar-refractivity contribution >= 4 is 26.5 Å². The fourth-order valence-electron chi connectivity index (χ4n) is 1.57. The molecule has 108 valence electrons. The van der Waals surface area contributed by atoms with Gasteiger partial charge < -0.3 is 10.5 Å². The van der Waals surface area contributed by atoms with Gasteiger partial charge in [-0.25, -0.2) is 8.42 Å². The Morgan fingerprint density at radius 1 is 1.40 bits per heavy atom. The van der Waals surface area contributed by atoms with E-state index in [2.05, 4.69) is 14.9 Å². The van der Waals surface area contributed by atoms with Crippen LogP contribution in [0.25, 0.3) is 0 Å². The summed E-state index contributed by atoms with van der Waals surface area (Å²) in [5.74, 6) is 0.238. The van der Waals surface area contributed by atoms with Gasteiger partial charge in [0.1, 0.15) is 15.7 Å². The predicted octanol–water partition coefficient (Wildman–Crippen LogP) is 1.11. The Kier molecular flexibility index (Phi) is 4.21. The number of hydrogen-bond acceptors (Lipinski definition) is 7. The summed E-state index contributed by atoms with van der Waals surface area (Å²) in [5, 5.41) is 8.38. The van der Waals surface area contributed by atoms with E-state index in [9.17, 15) is 8.42 Å². The zero-order chi connectivity index (χ0) is 14.8. The quantitative estimate of drug-likeness (QED) is 0.856. The molecule has 20 heavy (non-hydrogen) atoms. The zero-order valence-electron chi connectivity index (χ0n) is 11.0. The third-order valence-corrected chi connectivity index (χ3v) is 4.76. The van der Waals surface area contributed by atoms with E-state index in [0.717, 1.165) is 16.9 Å². The number of aryl methyl sites for hydroxylation is 1. The lowest BCUT2D eigenvalue weighted by Crippen LogP contribution is -2.14. The van der Waals surface area contributed by atoms with Crippen LogP contribution in [0.3, 0.4) is 0 Å². The fourth-order valence-corrected chi connectivity index (χ4v) is 3.54. The van der Waals surface area contributed by atoms with Gasteiger partial charge in [0.2, 0.25) is 5.13 Å². The summed E-state index contributed by atoms with van der Waals surface area (Å²) in [6, 6.07) is 4.69. The minimum absolute atomic E-state index is 0.0325. The van der Waals surface area contributed by atoms with Gasteiger partial charge in [-0.1, -0.05) is 17.4 Å². The Hall–Kier alpha value is -1.71. The van der Waals surface area contributed by atoms with Gasteiger partial charge in [-0.15, -0.1) is 10.2 Å². The SMILES string of the molecule is COc1cc(CN)ccc1S(=O)(=O)Nc1nnc(C)s1. The van der Waals surface area contributed by atoms with Crippen LogP contribution in [0.5, 0.6) is 5.75 Å². The lowest BCUT2D eigenvalue weighted by atomic mass is 10.2. The Morgan fingerprint density at radius 2 is 2.15 bits per heavy atom. The van der Waals surface area contributed by atoms with Crippen molar-refractivity contribution in [3.63, 3.8) is 0 Å². The number of rotatable bonds is 5. The molecule has 7 nitrogen and oxygen atoms in total. The van der Waals surface area contributed by atoms with Crippen molar-refractivity contribution in [3.8, 4) is 5.75 Å². The van der Waals surface area contributed by atoms with Crippen LogP contribution in [0, 0.1) is 6.92 Å². The Balaban J connectivity index is 2.38. The molecule has 0 aliphatic heterocycles. The molecular formula is C11H14N4O3S2. The first kappa shape index (κ1) is 14.7. The first-order chi connectivity index (χ1) is 9.46. The second-order valence-electron chi connectivity index (χ2n) is 3.92. The first-order valence-electron chi connectivity index (χ1n) is 5.66. The van der Waals surface area contributed by atoms with Crippen LogP contribution in [0.1, 0.15) is 10.6 Å². The average Bonchev–Trinajstić information content (AvgIpc) is 2.82. The summed E-state index contributed by atoms with van der Waals surface area (Å²) in [6.07, 6.45) is 0. The van der Waals surface area contributed by atoms with Crippen molar-refractivity contribution in [2.24, 2.45) is 5.73 Å². The number of anilines is 1. The van der Waals surface area contributed by atoms with Gasteiger partial charge in [-0.3, -0.25) is 4.72 Å². The number of aromatic nitrogens is 2. The van der Waals surface area contributed by atoms with Crippen molar-refractivity contribution in [1.82, 2.24) is 10.2 Å². The third-order valence-electron chi connectivity index (χ3n) is 2.50. The van der Waals surface area contributed by atoms with Crippen molar-refractivity contribution in [2.45, 2.75) is 18.4 Å². The number of benzene rings is 1. The fraction of sp³-hybridized carbons (Fsp3) is 0.273. The summed E-state index contributed by atoms with van der Waals surface area (Å²) in [5.41, 5.74) is 6.31. The molecule has 0 amide bonds. The van der Waals surface area contributed by atoms with E-state index in [4.69, 9.17) is 10.5 Å². The van der Waals surface area contributed by atoms with Crippen molar-refractivity contribution in [3.05, 3.63) is 28.8 Å². The molecule has 3 N–H and O–H groups in total. The Morgan fingerprint density at radius 3 is 2.70 bits per heavy atom. The second-order valence-corrected chi connectivity index (χ2v) is 6.75. The molecule has 0 atom stereocenters. The molecule has 2 rings (SSSR count). The number of sulfonamides is 1. The minimum atomic E-state index is -3.78. The maximum absolute atomic E-state index is 12.3. The summed E-state index contributed by atoms with van der Waals surface area (Å²) in [7, 11) is -2.37. The Labute approximate surface area is 120 Å². The van der Waals surface area contributed by atoms with Crippen molar-refractivity contribution < 1.29 is 13.2 Å². The molecule has 0 aliphatic carbocycles. The lowest BCUT2D eigenvalue weighted by Gasteiger charge is -2.10. The molecule has 0 aliphatic rings. The molecule has 2 aromatic rings. The molecular weight excluding hydrogens is 300 g/mol. The Bertz CT molecular complexity index is 712. The molecule has 0 saturated heterocycles. The van der Waals surface area contributed by atoms with E-state index in [0.29, 0.717) is 11.6 Å². The van der Waals surface area contributed by atoms with Gasteiger partial charge in [0.15, 0.2) is 0 Å². The molecule has 0 radical (unpaired) electrons. The zero-order valence-corrected chi connectivity index (χ0v) is 12.6. The molecule has 0 fully saturated rings. The number of hydrogen-bond donors (Lipinski definition) is 2. The van der Waals surface area contributed by atoms with Gasteiger partial charge in [-0.05, 0) is 24.6 Å². The summed E-state index contributed by atoms with van der Waals surface area (Å²) < 4.78 is 32.1. The maximum atomic E-state index is 12.3. The molecule has 0 spiro atoms. The van der Waals surface area contributed by atoms with E-state index in [-0.39, 0.29) is 15.8 Å². The van der Waals surface area contributed by atoms with Gasteiger partial charge in [0.25, 0.3) is 10.0 Å². The number of nitrogens with zero attached hydrogens (tertiary/aromatic N) is 2. The smallest absolute Gasteiger partial charge is 0.267 e. The highest BCUT2D eigenvalue weighted by molar-refractivity contribution is 7.93. The van der Waals surface area contributed by atoms with Gasteiger partial charge in [-0.2, -0.15) is 0 Å². The van der Waals surface area contributed by atoms with Gasteiger partial charge in [0, 0.05) is 6.54 Å². The summed E-state index contributed by atoms with van der Waals surface area (Å²) in [6.45, 7) is 2.05. The molecule has 1 aromatic carbocycles.